The van der Waals surface area contributed by atoms with Crippen LogP contribution in [0.15, 0.2) is 29.4 Å². The lowest BCUT2D eigenvalue weighted by atomic mass is 10.2. The van der Waals surface area contributed by atoms with E-state index in [1.54, 1.807) is 6.07 Å². The van der Waals surface area contributed by atoms with Crippen LogP contribution in [-0.2, 0) is 4.79 Å². The molecule has 1 amide bonds. The first-order chi connectivity index (χ1) is 9.27. The number of hydrazone groups is 1. The van der Waals surface area contributed by atoms with Crippen LogP contribution in [-0.4, -0.2) is 18.7 Å². The number of amides is 1. The number of benzene rings is 1. The number of nitrogens with one attached hydrogen (secondary N) is 1. The van der Waals surface area contributed by atoms with Gasteiger partial charge in [0, 0.05) is 5.56 Å². The summed E-state index contributed by atoms with van der Waals surface area (Å²) in [6, 6.07) is 9.20. The second-order valence-corrected chi connectivity index (χ2v) is 3.87. The molecule has 19 heavy (non-hydrogen) atoms. The Morgan fingerprint density at radius 3 is 3.05 bits per heavy atom. The van der Waals surface area contributed by atoms with Crippen LogP contribution in [0, 0.1) is 11.3 Å². The monoisotopic (exact) mass is 259 g/mol. The van der Waals surface area contributed by atoms with Crippen molar-refractivity contribution in [3.8, 4) is 11.8 Å². The molecule has 1 N–H and O–H groups in total. The maximum absolute atomic E-state index is 11.1. The van der Waals surface area contributed by atoms with E-state index in [0.29, 0.717) is 6.61 Å². The van der Waals surface area contributed by atoms with Gasteiger partial charge in [0.25, 0.3) is 5.91 Å². The molecule has 0 saturated heterocycles. The molecular weight excluding hydrogens is 242 g/mol. The molecule has 0 bridgehead atoms. The van der Waals surface area contributed by atoms with Gasteiger partial charge in [-0.15, -0.1) is 0 Å². The van der Waals surface area contributed by atoms with E-state index < -0.39 is 5.91 Å². The third kappa shape index (κ3) is 5.68. The second kappa shape index (κ2) is 8.70. The molecule has 0 radical (unpaired) electrons. The summed E-state index contributed by atoms with van der Waals surface area (Å²) in [4.78, 5) is 11.1. The fourth-order valence-corrected chi connectivity index (χ4v) is 1.33. The van der Waals surface area contributed by atoms with E-state index in [4.69, 9.17) is 10.00 Å². The van der Waals surface area contributed by atoms with Gasteiger partial charge in [-0.25, -0.2) is 5.43 Å². The Kier molecular flexibility index (Phi) is 6.73. The molecule has 0 fully saturated rings. The number of para-hydroxylation sites is 1. The SMILES string of the molecule is CCCCOc1ccccc1/C=N\NC(=O)CC#N. The van der Waals surface area contributed by atoms with Gasteiger partial charge in [-0.2, -0.15) is 10.4 Å². The second-order valence-electron chi connectivity index (χ2n) is 3.87. The largest absolute Gasteiger partial charge is 0.493 e. The van der Waals surface area contributed by atoms with Gasteiger partial charge in [-0.05, 0) is 18.6 Å². The Labute approximate surface area is 112 Å². The zero-order valence-electron chi connectivity index (χ0n) is 10.9. The van der Waals surface area contributed by atoms with E-state index in [0.717, 1.165) is 24.2 Å². The van der Waals surface area contributed by atoms with Gasteiger partial charge in [-0.3, -0.25) is 4.79 Å². The van der Waals surface area contributed by atoms with E-state index in [-0.39, 0.29) is 6.42 Å². The van der Waals surface area contributed by atoms with Crippen LogP contribution in [0.4, 0.5) is 0 Å². The van der Waals surface area contributed by atoms with Crippen molar-refractivity contribution in [2.45, 2.75) is 26.2 Å². The lowest BCUT2D eigenvalue weighted by Gasteiger charge is -2.07. The van der Waals surface area contributed by atoms with Gasteiger partial charge in [0.2, 0.25) is 0 Å². The van der Waals surface area contributed by atoms with Crippen LogP contribution in [0.2, 0.25) is 0 Å². The maximum atomic E-state index is 11.1. The number of hydrogen-bond donors (Lipinski definition) is 1. The van der Waals surface area contributed by atoms with Crippen LogP contribution < -0.4 is 10.2 Å². The summed E-state index contributed by atoms with van der Waals surface area (Å²) in [5.74, 6) is 0.303. The zero-order valence-corrected chi connectivity index (χ0v) is 10.9. The van der Waals surface area contributed by atoms with Gasteiger partial charge in [0.15, 0.2) is 0 Å². The van der Waals surface area contributed by atoms with Crippen molar-refractivity contribution in [1.82, 2.24) is 5.43 Å². The minimum Gasteiger partial charge on any atom is -0.493 e. The van der Waals surface area contributed by atoms with Gasteiger partial charge in [-0.1, -0.05) is 25.5 Å². The number of nitrogens with zero attached hydrogens (tertiary/aromatic N) is 2. The number of nitriles is 1. The fraction of sp³-hybridized carbons (Fsp3) is 0.357. The molecule has 0 heterocycles. The summed E-state index contributed by atoms with van der Waals surface area (Å²) in [6.45, 7) is 2.75. The van der Waals surface area contributed by atoms with E-state index in [2.05, 4.69) is 17.5 Å². The number of unbranched alkanes of at least 4 members (excludes halogenated alkanes) is 1. The first-order valence-electron chi connectivity index (χ1n) is 6.18. The molecule has 1 aromatic carbocycles. The Bertz CT molecular complexity index is 478. The number of ether oxygens (including phenoxy) is 1. The van der Waals surface area contributed by atoms with Gasteiger partial charge >= 0.3 is 0 Å². The fourth-order valence-electron chi connectivity index (χ4n) is 1.33. The Hall–Kier alpha value is -2.35. The average Bonchev–Trinajstić information content (AvgIpc) is 2.41. The van der Waals surface area contributed by atoms with Crippen molar-refractivity contribution in [3.05, 3.63) is 29.8 Å². The lowest BCUT2D eigenvalue weighted by molar-refractivity contribution is -0.120. The Morgan fingerprint density at radius 1 is 1.53 bits per heavy atom. The van der Waals surface area contributed by atoms with Crippen LogP contribution in [0.5, 0.6) is 5.75 Å². The zero-order chi connectivity index (χ0) is 13.9. The van der Waals surface area contributed by atoms with Crippen LogP contribution in [0.3, 0.4) is 0 Å². The highest BCUT2D eigenvalue weighted by atomic mass is 16.5. The van der Waals surface area contributed by atoms with Crippen molar-refractivity contribution in [2.24, 2.45) is 5.10 Å². The number of carbonyl (C=O) groups is 1. The normalized spacial score (nSPS) is 10.1. The molecule has 0 spiro atoms. The third-order valence-electron chi connectivity index (χ3n) is 2.31. The lowest BCUT2D eigenvalue weighted by Crippen LogP contribution is -2.16. The molecule has 0 saturated carbocycles. The molecular formula is C14H17N3O2. The van der Waals surface area contributed by atoms with E-state index in [1.165, 1.54) is 6.21 Å². The predicted molar refractivity (Wildman–Crippen MR) is 72.8 cm³/mol. The topological polar surface area (TPSA) is 74.5 Å². The minimum absolute atomic E-state index is 0.202. The molecule has 0 atom stereocenters. The molecule has 0 aliphatic carbocycles. The van der Waals surface area contributed by atoms with Gasteiger partial charge < -0.3 is 4.74 Å². The minimum atomic E-state index is -0.428. The van der Waals surface area contributed by atoms with E-state index in [1.807, 2.05) is 24.3 Å². The highest BCUT2D eigenvalue weighted by molar-refractivity contribution is 5.85. The molecule has 5 heteroatoms. The smallest absolute Gasteiger partial charge is 0.254 e. The number of rotatable bonds is 7. The van der Waals surface area contributed by atoms with Crippen molar-refractivity contribution < 1.29 is 9.53 Å². The van der Waals surface area contributed by atoms with E-state index >= 15 is 0 Å². The quantitative estimate of drug-likeness (QED) is 0.463. The predicted octanol–water partition coefficient (Wildman–Crippen LogP) is 2.23. The summed E-state index contributed by atoms with van der Waals surface area (Å²) in [5, 5.41) is 12.1. The highest BCUT2D eigenvalue weighted by Gasteiger charge is 2.00. The summed E-state index contributed by atoms with van der Waals surface area (Å²) in [6.07, 6.45) is 3.37. The summed E-state index contributed by atoms with van der Waals surface area (Å²) < 4.78 is 5.63. The first kappa shape index (κ1) is 14.7. The van der Waals surface area contributed by atoms with Crippen molar-refractivity contribution in [3.63, 3.8) is 0 Å². The number of hydrogen-bond acceptors (Lipinski definition) is 4. The molecule has 0 aliphatic heterocycles. The molecule has 0 unspecified atom stereocenters. The molecule has 5 nitrogen and oxygen atoms in total. The third-order valence-corrected chi connectivity index (χ3v) is 2.31. The molecule has 0 aliphatic rings. The Morgan fingerprint density at radius 2 is 2.32 bits per heavy atom. The highest BCUT2D eigenvalue weighted by Crippen LogP contribution is 2.16. The van der Waals surface area contributed by atoms with Crippen LogP contribution in [0.1, 0.15) is 31.7 Å². The van der Waals surface area contributed by atoms with Gasteiger partial charge in [0.1, 0.15) is 12.2 Å². The molecule has 1 rings (SSSR count). The average molecular weight is 259 g/mol. The molecule has 100 valence electrons. The summed E-state index contributed by atoms with van der Waals surface area (Å²) >= 11 is 0. The van der Waals surface area contributed by atoms with Gasteiger partial charge in [0.05, 0.1) is 18.9 Å². The Balaban J connectivity index is 2.59. The summed E-state index contributed by atoms with van der Waals surface area (Å²) in [5.41, 5.74) is 3.07. The molecule has 1 aromatic rings. The maximum Gasteiger partial charge on any atom is 0.254 e. The standard InChI is InChI=1S/C14H17N3O2/c1-2-3-10-19-13-7-5-4-6-12(13)11-16-17-14(18)8-9-15/h4-7,11H,2-3,8,10H2,1H3,(H,17,18)/b16-11-. The van der Waals surface area contributed by atoms with Crippen molar-refractivity contribution >= 4 is 12.1 Å². The van der Waals surface area contributed by atoms with Crippen LogP contribution in [0.25, 0.3) is 0 Å². The van der Waals surface area contributed by atoms with Crippen molar-refractivity contribution in [2.75, 3.05) is 6.61 Å². The van der Waals surface area contributed by atoms with Crippen molar-refractivity contribution in [1.29, 1.82) is 5.26 Å². The van der Waals surface area contributed by atoms with E-state index in [9.17, 15) is 4.79 Å². The van der Waals surface area contributed by atoms with Crippen LogP contribution >= 0.6 is 0 Å². The molecule has 0 aromatic heterocycles. The first-order valence-corrected chi connectivity index (χ1v) is 6.18. The summed E-state index contributed by atoms with van der Waals surface area (Å²) in [7, 11) is 0. The number of carbonyl (C=O) groups excluding carboxylic acids is 1.